The van der Waals surface area contributed by atoms with Crippen LogP contribution in [0.3, 0.4) is 0 Å². The van der Waals surface area contributed by atoms with Crippen molar-refractivity contribution in [3.63, 3.8) is 0 Å². The van der Waals surface area contributed by atoms with Crippen LogP contribution < -0.4 is 0 Å². The molecule has 0 fully saturated rings. The lowest BCUT2D eigenvalue weighted by Gasteiger charge is -2.19. The van der Waals surface area contributed by atoms with E-state index >= 15 is 0 Å². The van der Waals surface area contributed by atoms with Crippen LogP contribution in [0.25, 0.3) is 66.1 Å². The van der Waals surface area contributed by atoms with E-state index in [1.54, 1.807) is 0 Å². The molecule has 0 atom stereocenters. The lowest BCUT2D eigenvalue weighted by atomic mass is 9.98. The molecule has 8 aromatic rings. The molecule has 0 bridgehead atoms. The van der Waals surface area contributed by atoms with Gasteiger partial charge in [-0.1, -0.05) is 60.7 Å². The van der Waals surface area contributed by atoms with E-state index in [-0.39, 0.29) is 0 Å². The summed E-state index contributed by atoms with van der Waals surface area (Å²) in [5.74, 6) is 0. The smallest absolute Gasteiger partial charge is 0.104 e. The van der Waals surface area contributed by atoms with Gasteiger partial charge in [0, 0.05) is 21.5 Å². The molecule has 0 radical (unpaired) electrons. The minimum atomic E-state index is 0.587. The van der Waals surface area contributed by atoms with Crippen molar-refractivity contribution >= 4 is 43.6 Å². The summed E-state index contributed by atoms with van der Waals surface area (Å²) in [6, 6.07) is 43.1. The van der Waals surface area contributed by atoms with Gasteiger partial charge in [-0.2, -0.15) is 10.5 Å². The lowest BCUT2D eigenvalue weighted by molar-refractivity contribution is 1.11. The largest absolute Gasteiger partial charge is 0.308 e. The number of nitrogens with zero attached hydrogens (tertiary/aromatic N) is 4. The zero-order chi connectivity index (χ0) is 31.7. The van der Waals surface area contributed by atoms with E-state index in [1.165, 1.54) is 0 Å². The van der Waals surface area contributed by atoms with Crippen molar-refractivity contribution in [3.05, 3.63) is 143 Å². The Bertz CT molecular complexity index is 2390. The number of benzene rings is 6. The van der Waals surface area contributed by atoms with Gasteiger partial charge in [0.2, 0.25) is 0 Å². The van der Waals surface area contributed by atoms with Gasteiger partial charge in [-0.05, 0) is 110 Å². The van der Waals surface area contributed by atoms with Gasteiger partial charge in [-0.25, -0.2) is 0 Å². The zero-order valence-corrected chi connectivity index (χ0v) is 26.2. The fourth-order valence-corrected chi connectivity index (χ4v) is 7.01. The maximum atomic E-state index is 11.1. The van der Waals surface area contributed by atoms with Crippen LogP contribution in [-0.4, -0.2) is 9.13 Å². The molecule has 0 amide bonds. The topological polar surface area (TPSA) is 57.4 Å². The van der Waals surface area contributed by atoms with Crippen molar-refractivity contribution in [1.82, 2.24) is 9.13 Å². The Labute approximate surface area is 267 Å². The third-order valence-electron chi connectivity index (χ3n) is 9.17. The fourth-order valence-electron chi connectivity index (χ4n) is 7.01. The first kappa shape index (κ1) is 27.4. The van der Waals surface area contributed by atoms with Crippen LogP contribution in [0.5, 0.6) is 0 Å². The van der Waals surface area contributed by atoms with E-state index in [2.05, 4.69) is 134 Å². The van der Waals surface area contributed by atoms with Gasteiger partial charge in [-0.3, -0.25) is 0 Å². The Hall–Kier alpha value is -6.10. The van der Waals surface area contributed by atoms with Crippen LogP contribution in [0.4, 0.5) is 0 Å². The number of hydrogen-bond acceptors (Lipinski definition) is 2. The van der Waals surface area contributed by atoms with Gasteiger partial charge < -0.3 is 9.13 Å². The minimum Gasteiger partial charge on any atom is -0.308 e. The van der Waals surface area contributed by atoms with Crippen molar-refractivity contribution < 1.29 is 0 Å². The van der Waals surface area contributed by atoms with Crippen LogP contribution in [-0.2, 0) is 0 Å². The summed E-state index contributed by atoms with van der Waals surface area (Å²) in [6.45, 7) is 8.43. The first-order valence-corrected chi connectivity index (χ1v) is 15.5. The molecule has 0 saturated heterocycles. The van der Waals surface area contributed by atoms with Gasteiger partial charge in [0.15, 0.2) is 0 Å². The van der Waals surface area contributed by atoms with Crippen LogP contribution in [0.1, 0.15) is 33.4 Å². The van der Waals surface area contributed by atoms with Gasteiger partial charge in [0.05, 0.1) is 45.1 Å². The van der Waals surface area contributed by atoms with E-state index in [1.807, 2.05) is 24.3 Å². The number of aryl methyl sites for hydroxylation is 4. The Kier molecular flexibility index (Phi) is 6.11. The predicted molar refractivity (Wildman–Crippen MR) is 189 cm³/mol. The molecule has 0 aliphatic heterocycles. The average Bonchev–Trinajstić information content (AvgIpc) is 3.54. The van der Waals surface area contributed by atoms with Crippen LogP contribution in [0, 0.1) is 50.4 Å². The van der Waals surface area contributed by atoms with Crippen LogP contribution in [0.15, 0.2) is 109 Å². The SMILES string of the molecule is Cc1ccc2c3ccc(C)cc3n(-c3cc(-c4cccc(C#N)c4)cc(-n4c5cc(C)ccc5c5ccc(C)cc54)c3C#N)c2c1. The maximum absolute atomic E-state index is 11.1. The Morgan fingerprint density at radius 3 is 1.22 bits per heavy atom. The van der Waals surface area contributed by atoms with E-state index in [4.69, 9.17) is 0 Å². The maximum Gasteiger partial charge on any atom is 0.104 e. The van der Waals surface area contributed by atoms with Gasteiger partial charge >= 0.3 is 0 Å². The molecule has 0 N–H and O–H groups in total. The molecular formula is C42H30N4. The van der Waals surface area contributed by atoms with Crippen molar-refractivity contribution in [2.24, 2.45) is 0 Å². The molecular weight excluding hydrogens is 560 g/mol. The standard InChI is InChI=1S/C42H30N4/c1-25-8-12-32-33-13-9-26(2)17-38(33)45(37(32)16-25)41-21-31(30-7-5-6-29(20-30)23-43)22-42(36(41)24-44)46-39-18-27(3)10-14-34(39)35-15-11-28(4)19-40(35)46/h5-22H,1-4H3. The van der Waals surface area contributed by atoms with Crippen molar-refractivity contribution in [1.29, 1.82) is 10.5 Å². The molecule has 46 heavy (non-hydrogen) atoms. The first-order valence-electron chi connectivity index (χ1n) is 15.5. The predicted octanol–water partition coefficient (Wildman–Crippen LogP) is 10.5. The molecule has 0 aliphatic rings. The second kappa shape index (κ2) is 10.2. The molecule has 6 aromatic carbocycles. The molecule has 0 saturated carbocycles. The molecule has 4 heteroatoms. The van der Waals surface area contributed by atoms with Gasteiger partial charge in [0.25, 0.3) is 0 Å². The Balaban J connectivity index is 1.59. The van der Waals surface area contributed by atoms with Crippen LogP contribution >= 0.6 is 0 Å². The molecule has 4 nitrogen and oxygen atoms in total. The van der Waals surface area contributed by atoms with E-state index in [0.29, 0.717) is 11.1 Å². The van der Waals surface area contributed by atoms with Gasteiger partial charge in [0.1, 0.15) is 11.6 Å². The highest BCUT2D eigenvalue weighted by Gasteiger charge is 2.23. The molecule has 0 unspecified atom stereocenters. The number of rotatable bonds is 3. The second-order valence-electron chi connectivity index (χ2n) is 12.4. The van der Waals surface area contributed by atoms with Crippen molar-refractivity contribution in [2.75, 3.05) is 0 Å². The van der Waals surface area contributed by atoms with Crippen molar-refractivity contribution in [3.8, 4) is 34.6 Å². The summed E-state index contributed by atoms with van der Waals surface area (Å²) in [6.07, 6.45) is 0. The van der Waals surface area contributed by atoms with E-state index in [0.717, 1.165) is 88.4 Å². The monoisotopic (exact) mass is 590 g/mol. The molecule has 0 spiro atoms. The number of nitriles is 2. The summed E-state index contributed by atoms with van der Waals surface area (Å²) in [7, 11) is 0. The van der Waals surface area contributed by atoms with Crippen LogP contribution in [0.2, 0.25) is 0 Å². The Morgan fingerprint density at radius 2 is 0.848 bits per heavy atom. The lowest BCUT2D eigenvalue weighted by Crippen LogP contribution is -2.05. The molecule has 218 valence electrons. The van der Waals surface area contributed by atoms with Gasteiger partial charge in [-0.15, -0.1) is 0 Å². The summed E-state index contributed by atoms with van der Waals surface area (Å²) in [4.78, 5) is 0. The molecule has 8 rings (SSSR count). The van der Waals surface area contributed by atoms with Crippen molar-refractivity contribution in [2.45, 2.75) is 27.7 Å². The fraction of sp³-hybridized carbons (Fsp3) is 0.0952. The highest BCUT2D eigenvalue weighted by atomic mass is 15.0. The number of hydrogen-bond donors (Lipinski definition) is 0. The third kappa shape index (κ3) is 4.12. The first-order chi connectivity index (χ1) is 22.3. The number of aromatic nitrogens is 2. The normalized spacial score (nSPS) is 11.4. The highest BCUT2D eigenvalue weighted by Crippen LogP contribution is 2.41. The summed E-state index contributed by atoms with van der Waals surface area (Å²) in [5.41, 5.74) is 13.5. The van der Waals surface area contributed by atoms with E-state index in [9.17, 15) is 10.5 Å². The van der Waals surface area contributed by atoms with E-state index < -0.39 is 0 Å². The third-order valence-corrected chi connectivity index (χ3v) is 9.17. The average molecular weight is 591 g/mol. The quantitative estimate of drug-likeness (QED) is 0.206. The minimum absolute atomic E-state index is 0.587. The highest BCUT2D eigenvalue weighted by molar-refractivity contribution is 6.11. The summed E-state index contributed by atoms with van der Waals surface area (Å²) < 4.78 is 4.52. The summed E-state index contributed by atoms with van der Waals surface area (Å²) in [5, 5.41) is 25.5. The zero-order valence-electron chi connectivity index (χ0n) is 26.2. The second-order valence-corrected chi connectivity index (χ2v) is 12.4. The summed E-state index contributed by atoms with van der Waals surface area (Å²) >= 11 is 0. The molecule has 2 heterocycles. The molecule has 0 aliphatic carbocycles. The number of fused-ring (bicyclic) bond motifs is 6. The Morgan fingerprint density at radius 1 is 0.435 bits per heavy atom. The molecule has 2 aromatic heterocycles.